The Morgan fingerprint density at radius 3 is 2.50 bits per heavy atom. The van der Waals surface area contributed by atoms with E-state index in [0.29, 0.717) is 5.69 Å². The molecule has 0 unspecified atom stereocenters. The van der Waals surface area contributed by atoms with E-state index < -0.39 is 4.92 Å². The van der Waals surface area contributed by atoms with E-state index in [4.69, 9.17) is 5.84 Å². The number of hydrogen-bond acceptors (Lipinski definition) is 8. The molecule has 2 aromatic rings. The number of hydrogen-bond donors (Lipinski definition) is 3. The van der Waals surface area contributed by atoms with E-state index in [0.717, 1.165) is 0 Å². The van der Waals surface area contributed by atoms with Crippen molar-refractivity contribution in [3.63, 3.8) is 0 Å². The van der Waals surface area contributed by atoms with E-state index >= 15 is 0 Å². The lowest BCUT2D eigenvalue weighted by atomic mass is 10.3. The topological polar surface area (TPSA) is 132 Å². The number of nitrogens with two attached hydrogens (primary N) is 1. The number of nitrogens with zero attached hydrogens (tertiary/aromatic N) is 4. The van der Waals surface area contributed by atoms with E-state index in [-0.39, 0.29) is 17.3 Å². The predicted octanol–water partition coefficient (Wildman–Crippen LogP) is 0.809. The van der Waals surface area contributed by atoms with Gasteiger partial charge in [0.2, 0.25) is 11.6 Å². The summed E-state index contributed by atoms with van der Waals surface area (Å²) in [6.07, 6.45) is 4.28. The van der Waals surface area contributed by atoms with Gasteiger partial charge in [-0.15, -0.1) is 0 Å². The van der Waals surface area contributed by atoms with Crippen LogP contribution in [-0.4, -0.2) is 19.9 Å². The number of nitrogens with one attached hydrogen (secondary N) is 2. The molecule has 18 heavy (non-hydrogen) atoms. The van der Waals surface area contributed by atoms with Crippen LogP contribution in [0.4, 0.5) is 23.0 Å². The number of hydrazine groups is 1. The third-order valence-electron chi connectivity index (χ3n) is 2.08. The summed E-state index contributed by atoms with van der Waals surface area (Å²) in [5.74, 6) is 5.15. The molecule has 92 valence electrons. The molecule has 0 fully saturated rings. The summed E-state index contributed by atoms with van der Waals surface area (Å²) in [5.41, 5.74) is 2.46. The molecule has 0 atom stereocenters. The highest BCUT2D eigenvalue weighted by Gasteiger charge is 2.22. The van der Waals surface area contributed by atoms with Gasteiger partial charge in [0.15, 0.2) is 0 Å². The minimum atomic E-state index is -0.612. The van der Waals surface area contributed by atoms with Gasteiger partial charge in [0, 0.05) is 18.1 Å². The van der Waals surface area contributed by atoms with Crippen LogP contribution in [0, 0.1) is 10.1 Å². The molecule has 0 aliphatic carbocycles. The van der Waals surface area contributed by atoms with Gasteiger partial charge in [-0.3, -0.25) is 15.1 Å². The number of aromatic nitrogens is 3. The second kappa shape index (κ2) is 5.01. The fraction of sp³-hybridized carbons (Fsp3) is 0. The van der Waals surface area contributed by atoms with E-state index in [1.807, 2.05) is 0 Å². The molecule has 0 bridgehead atoms. The molecule has 2 heterocycles. The summed E-state index contributed by atoms with van der Waals surface area (Å²) in [6, 6.07) is 3.31. The van der Waals surface area contributed by atoms with Gasteiger partial charge in [0.05, 0.1) is 4.92 Å². The SMILES string of the molecule is NNc1ncnc(Nc2ccncc2)c1[N+](=O)[O-]. The highest BCUT2D eigenvalue weighted by atomic mass is 16.6. The Morgan fingerprint density at radius 1 is 1.22 bits per heavy atom. The average Bonchev–Trinajstić information content (AvgIpc) is 2.39. The largest absolute Gasteiger partial charge is 0.354 e. The van der Waals surface area contributed by atoms with Crippen LogP contribution < -0.4 is 16.6 Å². The number of rotatable bonds is 4. The van der Waals surface area contributed by atoms with Crippen molar-refractivity contribution in [1.82, 2.24) is 15.0 Å². The van der Waals surface area contributed by atoms with Crippen LogP contribution in [-0.2, 0) is 0 Å². The molecule has 2 aromatic heterocycles. The molecule has 0 amide bonds. The molecular formula is C9H9N7O2. The normalized spacial score (nSPS) is 9.83. The summed E-state index contributed by atoms with van der Waals surface area (Å²) in [6.45, 7) is 0. The molecule has 0 spiro atoms. The molecule has 9 nitrogen and oxygen atoms in total. The summed E-state index contributed by atoms with van der Waals surface area (Å²) < 4.78 is 0. The van der Waals surface area contributed by atoms with Crippen LogP contribution in [0.5, 0.6) is 0 Å². The molecule has 9 heteroatoms. The van der Waals surface area contributed by atoms with Gasteiger partial charge in [0.1, 0.15) is 6.33 Å². The molecule has 0 radical (unpaired) electrons. The van der Waals surface area contributed by atoms with Gasteiger partial charge in [-0.1, -0.05) is 0 Å². The zero-order valence-electron chi connectivity index (χ0n) is 9.07. The average molecular weight is 247 g/mol. The first-order chi connectivity index (χ1) is 8.72. The van der Waals surface area contributed by atoms with Crippen molar-refractivity contribution >= 4 is 23.0 Å². The van der Waals surface area contributed by atoms with Gasteiger partial charge in [-0.2, -0.15) is 0 Å². The second-order valence-corrected chi connectivity index (χ2v) is 3.18. The lowest BCUT2D eigenvalue weighted by molar-refractivity contribution is -0.383. The van der Waals surface area contributed by atoms with Crippen LogP contribution in [0.2, 0.25) is 0 Å². The Morgan fingerprint density at radius 2 is 1.89 bits per heavy atom. The van der Waals surface area contributed by atoms with Gasteiger partial charge in [0.25, 0.3) is 0 Å². The molecule has 2 rings (SSSR count). The van der Waals surface area contributed by atoms with Crippen molar-refractivity contribution in [1.29, 1.82) is 0 Å². The number of anilines is 3. The maximum atomic E-state index is 11.0. The molecule has 0 aromatic carbocycles. The first-order valence-electron chi connectivity index (χ1n) is 4.85. The summed E-state index contributed by atoms with van der Waals surface area (Å²) in [4.78, 5) is 21.7. The molecule has 0 aliphatic heterocycles. The minimum Gasteiger partial charge on any atom is -0.334 e. The third-order valence-corrected chi connectivity index (χ3v) is 2.08. The van der Waals surface area contributed by atoms with E-state index in [1.54, 1.807) is 24.5 Å². The van der Waals surface area contributed by atoms with E-state index in [2.05, 4.69) is 25.7 Å². The van der Waals surface area contributed by atoms with E-state index in [9.17, 15) is 10.1 Å². The van der Waals surface area contributed by atoms with Gasteiger partial charge in [-0.05, 0) is 12.1 Å². The Balaban J connectivity index is 2.42. The monoisotopic (exact) mass is 247 g/mol. The van der Waals surface area contributed by atoms with Gasteiger partial charge >= 0.3 is 5.69 Å². The highest BCUT2D eigenvalue weighted by molar-refractivity contribution is 5.73. The quantitative estimate of drug-likeness (QED) is 0.410. The standard InChI is InChI=1S/C9H9N7O2/c10-15-9-7(16(17)18)8(12-5-13-9)14-6-1-3-11-4-2-6/h1-5H,10H2,(H2,11,12,13,14,15). The minimum absolute atomic E-state index is 0.0501. The zero-order chi connectivity index (χ0) is 13.0. The number of nitro groups is 1. The number of nitrogen functional groups attached to an aromatic ring is 1. The highest BCUT2D eigenvalue weighted by Crippen LogP contribution is 2.29. The smallest absolute Gasteiger partial charge is 0.334 e. The Labute approximate surface area is 101 Å². The Hall–Kier alpha value is -2.81. The lowest BCUT2D eigenvalue weighted by Crippen LogP contribution is -2.12. The van der Waals surface area contributed by atoms with Crippen molar-refractivity contribution in [2.45, 2.75) is 0 Å². The van der Waals surface area contributed by atoms with Crippen molar-refractivity contribution in [3.8, 4) is 0 Å². The molecule has 0 aliphatic rings. The summed E-state index contributed by atoms with van der Waals surface area (Å²) >= 11 is 0. The van der Waals surface area contributed by atoms with Crippen LogP contribution in [0.15, 0.2) is 30.9 Å². The maximum absolute atomic E-state index is 11.0. The fourth-order valence-electron chi connectivity index (χ4n) is 1.32. The fourth-order valence-corrected chi connectivity index (χ4v) is 1.32. The van der Waals surface area contributed by atoms with Crippen LogP contribution in [0.3, 0.4) is 0 Å². The zero-order valence-corrected chi connectivity index (χ0v) is 9.07. The first-order valence-corrected chi connectivity index (χ1v) is 4.85. The third kappa shape index (κ3) is 2.30. The predicted molar refractivity (Wildman–Crippen MR) is 64.0 cm³/mol. The molecule has 0 saturated heterocycles. The van der Waals surface area contributed by atoms with Crippen molar-refractivity contribution in [2.24, 2.45) is 5.84 Å². The molecule has 0 saturated carbocycles. The van der Waals surface area contributed by atoms with Crippen LogP contribution in [0.25, 0.3) is 0 Å². The Kier molecular flexibility index (Phi) is 3.25. The van der Waals surface area contributed by atoms with Crippen LogP contribution >= 0.6 is 0 Å². The maximum Gasteiger partial charge on any atom is 0.354 e. The lowest BCUT2D eigenvalue weighted by Gasteiger charge is -2.07. The van der Waals surface area contributed by atoms with Crippen molar-refractivity contribution < 1.29 is 4.92 Å². The molecule has 4 N–H and O–H groups in total. The first kappa shape index (κ1) is 11.7. The Bertz CT molecular complexity index is 560. The summed E-state index contributed by atoms with van der Waals surface area (Å²) in [7, 11) is 0. The van der Waals surface area contributed by atoms with E-state index in [1.165, 1.54) is 6.33 Å². The van der Waals surface area contributed by atoms with Gasteiger partial charge in [-0.25, -0.2) is 15.8 Å². The molecular weight excluding hydrogens is 238 g/mol. The van der Waals surface area contributed by atoms with Crippen molar-refractivity contribution in [3.05, 3.63) is 41.0 Å². The van der Waals surface area contributed by atoms with Crippen LogP contribution in [0.1, 0.15) is 0 Å². The van der Waals surface area contributed by atoms with Gasteiger partial charge < -0.3 is 10.7 Å². The second-order valence-electron chi connectivity index (χ2n) is 3.18. The number of pyridine rings is 1. The van der Waals surface area contributed by atoms with Crippen molar-refractivity contribution in [2.75, 3.05) is 10.7 Å². The summed E-state index contributed by atoms with van der Waals surface area (Å²) in [5, 5.41) is 13.8.